The molecule has 0 amide bonds. The van der Waals surface area contributed by atoms with Crippen LogP contribution in [-0.4, -0.2) is 19.2 Å². The summed E-state index contributed by atoms with van der Waals surface area (Å²) in [5, 5.41) is 0.267. The van der Waals surface area contributed by atoms with Crippen molar-refractivity contribution in [1.29, 1.82) is 0 Å². The Hall–Kier alpha value is -2.05. The van der Waals surface area contributed by atoms with E-state index in [9.17, 15) is 9.18 Å². The fourth-order valence-corrected chi connectivity index (χ4v) is 2.87. The summed E-state index contributed by atoms with van der Waals surface area (Å²) in [5.74, 6) is -0.129. The van der Waals surface area contributed by atoms with Crippen LogP contribution in [0.15, 0.2) is 47.5 Å². The first-order chi connectivity index (χ1) is 12.5. The molecule has 2 aromatic carbocycles. The highest BCUT2D eigenvalue weighted by Crippen LogP contribution is 2.38. The number of benzene rings is 2. The van der Waals surface area contributed by atoms with E-state index in [2.05, 4.69) is 22.5 Å². The first-order valence-electron chi connectivity index (χ1n) is 7.77. The van der Waals surface area contributed by atoms with Gasteiger partial charge in [-0.2, -0.15) is 0 Å². The predicted octanol–water partition coefficient (Wildman–Crippen LogP) is 5.56. The molecule has 0 heterocycles. The maximum Gasteiger partial charge on any atom is 0.338 e. The highest BCUT2D eigenvalue weighted by molar-refractivity contribution is 9.10. The van der Waals surface area contributed by atoms with Crippen LogP contribution in [0.4, 0.5) is 4.39 Å². The first kappa shape index (κ1) is 20.3. The molecule has 0 fully saturated rings. The van der Waals surface area contributed by atoms with E-state index in [0.717, 1.165) is 0 Å². The highest BCUT2D eigenvalue weighted by Gasteiger charge is 2.17. The van der Waals surface area contributed by atoms with Crippen LogP contribution in [0.3, 0.4) is 0 Å². The fourth-order valence-electron chi connectivity index (χ4n) is 2.10. The van der Waals surface area contributed by atoms with Crippen LogP contribution < -0.4 is 9.47 Å². The van der Waals surface area contributed by atoms with Crippen molar-refractivity contribution >= 4 is 33.5 Å². The standard InChI is InChI=1S/C19H17BrClFO4/c1-3-7-25-19(23)13-8-15(20)18(17(9-13)24-4-2)26-11-12-5-6-14(22)10-16(12)21/h3,5-6,8-10H,1,4,7,11H2,2H3. The number of hydrogen-bond donors (Lipinski definition) is 0. The lowest BCUT2D eigenvalue weighted by molar-refractivity contribution is 0.0549. The van der Waals surface area contributed by atoms with Gasteiger partial charge in [0.1, 0.15) is 19.0 Å². The second kappa shape index (κ2) is 9.59. The maximum absolute atomic E-state index is 13.1. The van der Waals surface area contributed by atoms with Crippen LogP contribution in [0.25, 0.3) is 0 Å². The van der Waals surface area contributed by atoms with Crippen molar-refractivity contribution in [2.45, 2.75) is 13.5 Å². The van der Waals surface area contributed by atoms with E-state index in [1.54, 1.807) is 18.2 Å². The third-order valence-corrected chi connectivity index (χ3v) is 4.21. The molecule has 0 saturated heterocycles. The van der Waals surface area contributed by atoms with E-state index in [1.807, 2.05) is 6.92 Å². The molecule has 0 bridgehead atoms. The van der Waals surface area contributed by atoms with Crippen molar-refractivity contribution in [2.75, 3.05) is 13.2 Å². The molecule has 2 rings (SSSR count). The Kier molecular flexibility index (Phi) is 7.48. The van der Waals surface area contributed by atoms with Gasteiger partial charge in [-0.05, 0) is 47.1 Å². The van der Waals surface area contributed by atoms with Gasteiger partial charge in [-0.15, -0.1) is 0 Å². The minimum atomic E-state index is -0.500. The Morgan fingerprint density at radius 3 is 2.73 bits per heavy atom. The Balaban J connectivity index is 2.26. The molecule has 0 aliphatic carbocycles. The molecule has 0 aliphatic heterocycles. The monoisotopic (exact) mass is 442 g/mol. The van der Waals surface area contributed by atoms with Crippen LogP contribution in [0.1, 0.15) is 22.8 Å². The Labute approximate surface area is 164 Å². The summed E-state index contributed by atoms with van der Waals surface area (Å²) < 4.78 is 30.1. The number of ether oxygens (including phenoxy) is 3. The second-order valence-corrected chi connectivity index (χ2v) is 6.39. The number of halogens is 3. The summed E-state index contributed by atoms with van der Waals surface area (Å²) in [6, 6.07) is 7.20. The molecule has 0 saturated carbocycles. The summed E-state index contributed by atoms with van der Waals surface area (Å²) in [4.78, 5) is 12.0. The van der Waals surface area contributed by atoms with Gasteiger partial charge in [-0.3, -0.25) is 0 Å². The largest absolute Gasteiger partial charge is 0.490 e. The molecule has 0 radical (unpaired) electrons. The third kappa shape index (κ3) is 5.22. The Morgan fingerprint density at radius 1 is 1.31 bits per heavy atom. The molecule has 0 spiro atoms. The van der Waals surface area contributed by atoms with Gasteiger partial charge in [-0.25, -0.2) is 9.18 Å². The normalized spacial score (nSPS) is 10.3. The molecule has 0 N–H and O–H groups in total. The Morgan fingerprint density at radius 2 is 2.08 bits per heavy atom. The van der Waals surface area contributed by atoms with Gasteiger partial charge in [0.05, 0.1) is 21.7 Å². The molecule has 7 heteroatoms. The lowest BCUT2D eigenvalue weighted by Crippen LogP contribution is -2.07. The number of hydrogen-bond acceptors (Lipinski definition) is 4. The lowest BCUT2D eigenvalue weighted by atomic mass is 10.2. The molecule has 0 aromatic heterocycles. The van der Waals surface area contributed by atoms with Crippen molar-refractivity contribution in [3.8, 4) is 11.5 Å². The SMILES string of the molecule is C=CCOC(=O)c1cc(Br)c(OCc2ccc(F)cc2Cl)c(OCC)c1. The van der Waals surface area contributed by atoms with Crippen LogP contribution in [0.5, 0.6) is 11.5 Å². The van der Waals surface area contributed by atoms with E-state index in [0.29, 0.717) is 33.7 Å². The molecule has 2 aromatic rings. The van der Waals surface area contributed by atoms with Crippen LogP contribution >= 0.6 is 27.5 Å². The van der Waals surface area contributed by atoms with Gasteiger partial charge in [-0.1, -0.05) is 30.3 Å². The molecule has 4 nitrogen and oxygen atoms in total. The van der Waals surface area contributed by atoms with Gasteiger partial charge < -0.3 is 14.2 Å². The first-order valence-corrected chi connectivity index (χ1v) is 8.94. The van der Waals surface area contributed by atoms with E-state index < -0.39 is 11.8 Å². The lowest BCUT2D eigenvalue weighted by Gasteiger charge is -2.15. The molecular weight excluding hydrogens is 427 g/mol. The van der Waals surface area contributed by atoms with Crippen LogP contribution in [0, 0.1) is 5.82 Å². The number of carbonyl (C=O) groups excluding carboxylic acids is 1. The summed E-state index contributed by atoms with van der Waals surface area (Å²) in [6.45, 7) is 5.92. The molecule has 0 atom stereocenters. The van der Waals surface area contributed by atoms with Crippen molar-refractivity contribution in [3.63, 3.8) is 0 Å². The maximum atomic E-state index is 13.1. The van der Waals surface area contributed by atoms with Crippen LogP contribution in [-0.2, 0) is 11.3 Å². The second-order valence-electron chi connectivity index (χ2n) is 5.13. The Bertz CT molecular complexity index is 810. The van der Waals surface area contributed by atoms with Gasteiger partial charge in [0.15, 0.2) is 11.5 Å². The smallest absolute Gasteiger partial charge is 0.338 e. The van der Waals surface area contributed by atoms with E-state index in [1.165, 1.54) is 18.2 Å². The van der Waals surface area contributed by atoms with Crippen molar-refractivity contribution in [2.24, 2.45) is 0 Å². The molecule has 0 unspecified atom stereocenters. The molecule has 26 heavy (non-hydrogen) atoms. The third-order valence-electron chi connectivity index (χ3n) is 3.26. The topological polar surface area (TPSA) is 44.8 Å². The van der Waals surface area contributed by atoms with Crippen LogP contribution in [0.2, 0.25) is 5.02 Å². The van der Waals surface area contributed by atoms with Crippen molar-refractivity contribution in [3.05, 3.63) is 69.4 Å². The number of rotatable bonds is 8. The van der Waals surface area contributed by atoms with E-state index in [4.69, 9.17) is 25.8 Å². The molecule has 138 valence electrons. The minimum absolute atomic E-state index is 0.109. The van der Waals surface area contributed by atoms with Gasteiger partial charge >= 0.3 is 5.97 Å². The zero-order valence-electron chi connectivity index (χ0n) is 14.1. The summed E-state index contributed by atoms with van der Waals surface area (Å²) in [7, 11) is 0. The summed E-state index contributed by atoms with van der Waals surface area (Å²) in [6.07, 6.45) is 1.49. The van der Waals surface area contributed by atoms with E-state index >= 15 is 0 Å². The average molecular weight is 444 g/mol. The minimum Gasteiger partial charge on any atom is -0.490 e. The van der Waals surface area contributed by atoms with Gasteiger partial charge in [0.2, 0.25) is 0 Å². The fraction of sp³-hybridized carbons (Fsp3) is 0.211. The zero-order valence-corrected chi connectivity index (χ0v) is 16.4. The van der Waals surface area contributed by atoms with Gasteiger partial charge in [0.25, 0.3) is 0 Å². The van der Waals surface area contributed by atoms with Crippen molar-refractivity contribution < 1.29 is 23.4 Å². The summed E-state index contributed by atoms with van der Waals surface area (Å²) >= 11 is 9.40. The quantitative estimate of drug-likeness (QED) is 0.396. The highest BCUT2D eigenvalue weighted by atomic mass is 79.9. The van der Waals surface area contributed by atoms with Gasteiger partial charge in [0, 0.05) is 5.56 Å². The number of esters is 1. The zero-order chi connectivity index (χ0) is 19.1. The predicted molar refractivity (Wildman–Crippen MR) is 102 cm³/mol. The van der Waals surface area contributed by atoms with E-state index in [-0.39, 0.29) is 18.2 Å². The average Bonchev–Trinajstić information content (AvgIpc) is 2.60. The molecule has 0 aliphatic rings. The number of carbonyl (C=O) groups is 1. The van der Waals surface area contributed by atoms with Crippen molar-refractivity contribution in [1.82, 2.24) is 0 Å². The molecular formula is C19H17BrClFO4. The summed E-state index contributed by atoms with van der Waals surface area (Å²) in [5.41, 5.74) is 0.936.